The van der Waals surface area contributed by atoms with Gasteiger partial charge >= 0.3 is 5.97 Å². The number of ether oxygens (including phenoxy) is 2. The molecule has 0 saturated heterocycles. The molecule has 0 fully saturated rings. The van der Waals surface area contributed by atoms with Crippen LogP contribution in [0.15, 0.2) is 48.5 Å². The van der Waals surface area contributed by atoms with Gasteiger partial charge in [0, 0.05) is 37.1 Å². The van der Waals surface area contributed by atoms with Crippen molar-refractivity contribution in [3.05, 3.63) is 59.7 Å². The van der Waals surface area contributed by atoms with E-state index in [0.29, 0.717) is 50.3 Å². The Morgan fingerprint density at radius 2 is 1.26 bits per heavy atom. The molecule has 0 spiro atoms. The average molecular weight is 484 g/mol. The predicted molar refractivity (Wildman–Crippen MR) is 136 cm³/mol. The van der Waals surface area contributed by atoms with Gasteiger partial charge in [-0.1, -0.05) is 56.2 Å². The Balaban J connectivity index is 1.72. The third-order valence-electron chi connectivity index (χ3n) is 5.48. The van der Waals surface area contributed by atoms with Gasteiger partial charge in [-0.3, -0.25) is 14.4 Å². The minimum Gasteiger partial charge on any atom is -0.481 e. The number of carboxylic acid groups (broad SMARTS) is 1. The number of aliphatic carboxylic acids is 1. The summed E-state index contributed by atoms with van der Waals surface area (Å²) in [5.74, 6) is -0.824. The first-order valence-corrected chi connectivity index (χ1v) is 12.4. The van der Waals surface area contributed by atoms with E-state index in [1.54, 1.807) is 12.1 Å². The Labute approximate surface area is 207 Å². The van der Waals surface area contributed by atoms with Crippen LogP contribution < -0.4 is 5.32 Å². The zero-order chi connectivity index (χ0) is 25.3. The van der Waals surface area contributed by atoms with Gasteiger partial charge in [0.25, 0.3) is 5.91 Å². The molecule has 0 aliphatic rings. The lowest BCUT2D eigenvalue weighted by Gasteiger charge is -2.08. The Hall–Kier alpha value is -3.03. The molecule has 0 aliphatic carbocycles. The van der Waals surface area contributed by atoms with Crippen molar-refractivity contribution in [1.82, 2.24) is 5.32 Å². The maximum Gasteiger partial charge on any atom is 0.303 e. The van der Waals surface area contributed by atoms with Crippen LogP contribution in [0.1, 0.15) is 72.6 Å². The molecule has 0 bridgehead atoms. The first-order valence-electron chi connectivity index (χ1n) is 12.4. The van der Waals surface area contributed by atoms with Crippen molar-refractivity contribution in [2.24, 2.45) is 0 Å². The second kappa shape index (κ2) is 16.6. The van der Waals surface area contributed by atoms with Gasteiger partial charge in [0.1, 0.15) is 0 Å². The number of nitrogens with one attached hydrogen (secondary N) is 1. The number of carboxylic acids is 1. The third-order valence-corrected chi connectivity index (χ3v) is 5.48. The zero-order valence-electron chi connectivity index (χ0n) is 20.6. The lowest BCUT2D eigenvalue weighted by Crippen LogP contribution is -2.27. The topological polar surface area (TPSA) is 102 Å². The highest BCUT2D eigenvalue weighted by molar-refractivity contribution is 5.96. The Morgan fingerprint density at radius 3 is 1.83 bits per heavy atom. The van der Waals surface area contributed by atoms with E-state index in [2.05, 4.69) is 12.2 Å². The second-order valence-electron chi connectivity index (χ2n) is 8.37. The standard InChI is InChI=1S/C28H37NO6/c1-2-18-34-20-21-35-19-17-29-28(33)25-15-11-23(12-16-25)22-9-13-24(14-10-22)26(30)7-5-3-4-6-8-27(31)32/h9-16H,2-8,17-21H2,1H3,(H,29,33)(H,31,32). The Bertz CT molecular complexity index is 908. The van der Waals surface area contributed by atoms with Gasteiger partial charge in [0.05, 0.1) is 19.8 Å². The van der Waals surface area contributed by atoms with E-state index in [9.17, 15) is 14.4 Å². The van der Waals surface area contributed by atoms with Gasteiger partial charge < -0.3 is 19.9 Å². The molecule has 7 heteroatoms. The molecule has 2 rings (SSSR count). The fourth-order valence-electron chi connectivity index (χ4n) is 3.53. The van der Waals surface area contributed by atoms with Gasteiger partial charge in [-0.25, -0.2) is 0 Å². The SMILES string of the molecule is CCCOCCOCCNC(=O)c1ccc(-c2ccc(C(=O)CCCCCCC(=O)O)cc2)cc1. The molecular weight excluding hydrogens is 446 g/mol. The van der Waals surface area contributed by atoms with Crippen molar-refractivity contribution >= 4 is 17.7 Å². The second-order valence-corrected chi connectivity index (χ2v) is 8.37. The fraction of sp³-hybridized carbons (Fsp3) is 0.464. The normalized spacial score (nSPS) is 10.8. The summed E-state index contributed by atoms with van der Waals surface area (Å²) in [6.07, 6.45) is 4.75. The Morgan fingerprint density at radius 1 is 0.714 bits per heavy atom. The number of ketones is 1. The number of benzene rings is 2. The number of rotatable bonds is 18. The average Bonchev–Trinajstić information content (AvgIpc) is 2.87. The van der Waals surface area contributed by atoms with E-state index in [4.69, 9.17) is 14.6 Å². The van der Waals surface area contributed by atoms with Crippen molar-refractivity contribution in [3.63, 3.8) is 0 Å². The van der Waals surface area contributed by atoms with Gasteiger partial charge in [-0.2, -0.15) is 0 Å². The minimum absolute atomic E-state index is 0.0965. The maximum atomic E-state index is 12.4. The van der Waals surface area contributed by atoms with Crippen molar-refractivity contribution in [2.75, 3.05) is 33.0 Å². The van der Waals surface area contributed by atoms with Crippen LogP contribution in [0.25, 0.3) is 11.1 Å². The highest BCUT2D eigenvalue weighted by Crippen LogP contribution is 2.21. The van der Waals surface area contributed by atoms with Gasteiger partial charge in [0.2, 0.25) is 0 Å². The summed E-state index contributed by atoms with van der Waals surface area (Å²) in [6.45, 7) is 4.75. The Kier molecular flexibility index (Phi) is 13.4. The van der Waals surface area contributed by atoms with Crippen molar-refractivity contribution in [2.45, 2.75) is 51.9 Å². The molecular formula is C28H37NO6. The number of carbonyl (C=O) groups excluding carboxylic acids is 2. The molecule has 190 valence electrons. The van der Waals surface area contributed by atoms with Crippen molar-refractivity contribution < 1.29 is 29.0 Å². The maximum absolute atomic E-state index is 12.4. The summed E-state index contributed by atoms with van der Waals surface area (Å²) in [7, 11) is 0. The van der Waals surface area contributed by atoms with E-state index >= 15 is 0 Å². The molecule has 2 N–H and O–H groups in total. The van der Waals surface area contributed by atoms with E-state index in [1.807, 2.05) is 36.4 Å². The van der Waals surface area contributed by atoms with Crippen LogP contribution in [0.3, 0.4) is 0 Å². The molecule has 1 amide bonds. The van der Waals surface area contributed by atoms with Gasteiger partial charge in [-0.05, 0) is 42.5 Å². The number of amides is 1. The molecule has 2 aromatic rings. The third kappa shape index (κ3) is 11.3. The van der Waals surface area contributed by atoms with Crippen molar-refractivity contribution in [1.29, 1.82) is 0 Å². The van der Waals surface area contributed by atoms with Gasteiger partial charge in [-0.15, -0.1) is 0 Å². The van der Waals surface area contributed by atoms with E-state index < -0.39 is 5.97 Å². The molecule has 0 aromatic heterocycles. The molecule has 7 nitrogen and oxygen atoms in total. The van der Waals surface area contributed by atoms with Crippen LogP contribution in [0.4, 0.5) is 0 Å². The summed E-state index contributed by atoms with van der Waals surface area (Å²) in [4.78, 5) is 35.2. The quantitative estimate of drug-likeness (QED) is 0.225. The number of hydrogen-bond donors (Lipinski definition) is 2. The van der Waals surface area contributed by atoms with Crippen LogP contribution in [-0.2, 0) is 14.3 Å². The summed E-state index contributed by atoms with van der Waals surface area (Å²) in [5.41, 5.74) is 3.19. The monoisotopic (exact) mass is 483 g/mol. The molecule has 0 radical (unpaired) electrons. The summed E-state index contributed by atoms with van der Waals surface area (Å²) >= 11 is 0. The van der Waals surface area contributed by atoms with Crippen LogP contribution >= 0.6 is 0 Å². The highest BCUT2D eigenvalue weighted by atomic mass is 16.5. The number of hydrogen-bond acceptors (Lipinski definition) is 5. The first-order chi connectivity index (χ1) is 17.0. The largest absolute Gasteiger partial charge is 0.481 e. The van der Waals surface area contributed by atoms with Crippen LogP contribution in [0.5, 0.6) is 0 Å². The van der Waals surface area contributed by atoms with Crippen LogP contribution in [-0.4, -0.2) is 55.7 Å². The minimum atomic E-state index is -0.774. The zero-order valence-corrected chi connectivity index (χ0v) is 20.6. The highest BCUT2D eigenvalue weighted by Gasteiger charge is 2.08. The smallest absolute Gasteiger partial charge is 0.303 e. The first kappa shape index (κ1) is 28.2. The lowest BCUT2D eigenvalue weighted by atomic mass is 9.99. The van der Waals surface area contributed by atoms with Crippen molar-refractivity contribution in [3.8, 4) is 11.1 Å². The molecule has 35 heavy (non-hydrogen) atoms. The molecule has 0 saturated carbocycles. The number of carbonyl (C=O) groups is 3. The molecule has 0 aliphatic heterocycles. The van der Waals surface area contributed by atoms with E-state index in [0.717, 1.165) is 43.4 Å². The summed E-state index contributed by atoms with van der Waals surface area (Å²) in [5, 5.41) is 11.5. The van der Waals surface area contributed by atoms with Gasteiger partial charge in [0.15, 0.2) is 5.78 Å². The molecule has 0 unspecified atom stereocenters. The molecule has 0 atom stereocenters. The van der Waals surface area contributed by atoms with Crippen LogP contribution in [0.2, 0.25) is 0 Å². The van der Waals surface area contributed by atoms with E-state index in [-0.39, 0.29) is 18.1 Å². The lowest BCUT2D eigenvalue weighted by molar-refractivity contribution is -0.137. The summed E-state index contributed by atoms with van der Waals surface area (Å²) in [6, 6.07) is 14.8. The van der Waals surface area contributed by atoms with Crippen LogP contribution in [0, 0.1) is 0 Å². The number of unbranched alkanes of at least 4 members (excludes halogenated alkanes) is 3. The van der Waals surface area contributed by atoms with E-state index in [1.165, 1.54) is 0 Å². The number of Topliss-reactive ketones (excluding diaryl/α,β-unsaturated/α-hetero) is 1. The fourth-order valence-corrected chi connectivity index (χ4v) is 3.53. The molecule has 2 aromatic carbocycles. The molecule has 0 heterocycles. The predicted octanol–water partition coefficient (Wildman–Crippen LogP) is 5.13. The summed E-state index contributed by atoms with van der Waals surface area (Å²) < 4.78 is 10.8.